The van der Waals surface area contributed by atoms with E-state index in [-0.39, 0.29) is 23.2 Å². The summed E-state index contributed by atoms with van der Waals surface area (Å²) in [5.74, 6) is 0.363. The minimum absolute atomic E-state index is 0.176. The lowest BCUT2D eigenvalue weighted by molar-refractivity contribution is 0.0903. The average molecular weight is 221 g/mol. The van der Waals surface area contributed by atoms with E-state index in [0.29, 0.717) is 5.92 Å². The summed E-state index contributed by atoms with van der Waals surface area (Å²) in [6.07, 6.45) is 3.61. The van der Waals surface area contributed by atoms with Crippen molar-refractivity contribution in [3.8, 4) is 0 Å². The Hall–Kier alpha value is -1.65. The van der Waals surface area contributed by atoms with Crippen LogP contribution in [0.4, 0.5) is 0 Å². The van der Waals surface area contributed by atoms with Gasteiger partial charge < -0.3 is 5.32 Å². The smallest absolute Gasteiger partial charge is 0.271 e. The fourth-order valence-electron chi connectivity index (χ4n) is 1.81. The minimum Gasteiger partial charge on any atom is -0.348 e. The first-order valence-corrected chi connectivity index (χ1v) is 5.53. The second-order valence-electron chi connectivity index (χ2n) is 4.26. The minimum atomic E-state index is -0.302. The molecule has 0 saturated heterocycles. The molecule has 1 aromatic heterocycles. The van der Waals surface area contributed by atoms with E-state index in [1.807, 2.05) is 6.92 Å². The average Bonchev–Trinajstić information content (AvgIpc) is 2.15. The second kappa shape index (κ2) is 4.47. The Labute approximate surface area is 93.3 Å². The molecule has 0 bridgehead atoms. The summed E-state index contributed by atoms with van der Waals surface area (Å²) in [5.41, 5.74) is -0.0469. The van der Waals surface area contributed by atoms with Crippen molar-refractivity contribution in [1.82, 2.24) is 15.5 Å². The molecule has 1 atom stereocenters. The summed E-state index contributed by atoms with van der Waals surface area (Å²) in [4.78, 5) is 22.5. The van der Waals surface area contributed by atoms with E-state index >= 15 is 0 Å². The standard InChI is InChI=1S/C11H15N3O2/c1-7(8-3-2-4-8)12-11(16)9-5-6-10(15)14-13-9/h5-8H,2-4H2,1H3,(H,12,16)(H,14,15). The maximum absolute atomic E-state index is 11.7. The van der Waals surface area contributed by atoms with Crippen LogP contribution in [-0.2, 0) is 0 Å². The van der Waals surface area contributed by atoms with Crippen LogP contribution in [0.2, 0.25) is 0 Å². The fourth-order valence-corrected chi connectivity index (χ4v) is 1.81. The monoisotopic (exact) mass is 221 g/mol. The Morgan fingerprint density at radius 3 is 2.81 bits per heavy atom. The zero-order valence-electron chi connectivity index (χ0n) is 9.19. The molecule has 1 saturated carbocycles. The molecule has 1 unspecified atom stereocenters. The number of nitrogens with zero attached hydrogens (tertiary/aromatic N) is 1. The van der Waals surface area contributed by atoms with E-state index in [4.69, 9.17) is 0 Å². The van der Waals surface area contributed by atoms with Crippen molar-refractivity contribution in [2.45, 2.75) is 32.2 Å². The summed E-state index contributed by atoms with van der Waals surface area (Å²) in [7, 11) is 0. The number of amides is 1. The van der Waals surface area contributed by atoms with Crippen molar-refractivity contribution in [3.05, 3.63) is 28.2 Å². The fraction of sp³-hybridized carbons (Fsp3) is 0.545. The van der Waals surface area contributed by atoms with Crippen molar-refractivity contribution in [2.75, 3.05) is 0 Å². The highest BCUT2D eigenvalue weighted by Crippen LogP contribution is 2.29. The van der Waals surface area contributed by atoms with Crippen LogP contribution in [0.3, 0.4) is 0 Å². The van der Waals surface area contributed by atoms with Gasteiger partial charge in [0.1, 0.15) is 5.69 Å². The molecule has 2 N–H and O–H groups in total. The number of aromatic nitrogens is 2. The number of carbonyl (C=O) groups excluding carboxylic acids is 1. The third kappa shape index (κ3) is 2.29. The van der Waals surface area contributed by atoms with Crippen LogP contribution in [0.5, 0.6) is 0 Å². The van der Waals surface area contributed by atoms with Gasteiger partial charge in [-0.1, -0.05) is 6.42 Å². The summed E-state index contributed by atoms with van der Waals surface area (Å²) < 4.78 is 0. The van der Waals surface area contributed by atoms with Crippen LogP contribution in [-0.4, -0.2) is 22.1 Å². The van der Waals surface area contributed by atoms with Gasteiger partial charge in [-0.2, -0.15) is 5.10 Å². The molecule has 2 rings (SSSR count). The van der Waals surface area contributed by atoms with E-state index in [1.165, 1.54) is 31.4 Å². The molecule has 16 heavy (non-hydrogen) atoms. The predicted molar refractivity (Wildman–Crippen MR) is 59.1 cm³/mol. The molecular weight excluding hydrogens is 206 g/mol. The van der Waals surface area contributed by atoms with Gasteiger partial charge in [0.15, 0.2) is 0 Å². The number of hydrogen-bond acceptors (Lipinski definition) is 3. The lowest BCUT2D eigenvalue weighted by Gasteiger charge is -2.31. The van der Waals surface area contributed by atoms with Gasteiger partial charge in [-0.25, -0.2) is 5.10 Å². The summed E-state index contributed by atoms with van der Waals surface area (Å²) in [5, 5.41) is 8.82. The van der Waals surface area contributed by atoms with Crippen molar-refractivity contribution in [1.29, 1.82) is 0 Å². The zero-order valence-corrected chi connectivity index (χ0v) is 9.19. The lowest BCUT2D eigenvalue weighted by Crippen LogP contribution is -2.41. The van der Waals surface area contributed by atoms with Crippen LogP contribution in [0.25, 0.3) is 0 Å². The Morgan fingerprint density at radius 2 is 2.31 bits per heavy atom. The number of carbonyl (C=O) groups is 1. The van der Waals surface area contributed by atoms with Crippen molar-refractivity contribution < 1.29 is 4.79 Å². The van der Waals surface area contributed by atoms with Gasteiger partial charge in [0.25, 0.3) is 11.5 Å². The molecule has 0 radical (unpaired) electrons. The third-order valence-electron chi connectivity index (χ3n) is 3.13. The topological polar surface area (TPSA) is 74.8 Å². The Morgan fingerprint density at radius 1 is 1.56 bits per heavy atom. The highest BCUT2D eigenvalue weighted by atomic mass is 16.2. The van der Waals surface area contributed by atoms with E-state index in [9.17, 15) is 9.59 Å². The molecule has 5 heteroatoms. The molecule has 0 aromatic carbocycles. The van der Waals surface area contributed by atoms with Gasteiger partial charge in [0.05, 0.1) is 0 Å². The lowest BCUT2D eigenvalue weighted by atomic mass is 9.80. The van der Waals surface area contributed by atoms with Crippen molar-refractivity contribution >= 4 is 5.91 Å². The summed E-state index contributed by atoms with van der Waals surface area (Å²) >= 11 is 0. The number of aromatic amines is 1. The van der Waals surface area contributed by atoms with Gasteiger partial charge >= 0.3 is 0 Å². The Balaban J connectivity index is 1.96. The third-order valence-corrected chi connectivity index (χ3v) is 3.13. The molecule has 1 amide bonds. The first kappa shape index (κ1) is 10.9. The molecular formula is C11H15N3O2. The summed E-state index contributed by atoms with van der Waals surface area (Å²) in [6, 6.07) is 2.91. The van der Waals surface area contributed by atoms with E-state index in [2.05, 4.69) is 15.5 Å². The molecule has 1 fully saturated rings. The van der Waals surface area contributed by atoms with Crippen molar-refractivity contribution in [2.24, 2.45) is 5.92 Å². The molecule has 86 valence electrons. The molecule has 1 heterocycles. The Kier molecular flexibility index (Phi) is 3.03. The predicted octanol–water partition coefficient (Wildman–Crippen LogP) is 0.688. The SMILES string of the molecule is CC(NC(=O)c1ccc(=O)[nH]n1)C1CCC1. The zero-order chi connectivity index (χ0) is 11.5. The maximum atomic E-state index is 11.7. The number of nitrogens with one attached hydrogen (secondary N) is 2. The molecule has 1 aromatic rings. The van der Waals surface area contributed by atoms with Crippen LogP contribution in [0, 0.1) is 5.92 Å². The molecule has 0 spiro atoms. The number of rotatable bonds is 3. The van der Waals surface area contributed by atoms with Crippen molar-refractivity contribution in [3.63, 3.8) is 0 Å². The number of H-pyrrole nitrogens is 1. The summed E-state index contributed by atoms with van der Waals surface area (Å²) in [6.45, 7) is 2.01. The van der Waals surface area contributed by atoms with Crippen LogP contribution >= 0.6 is 0 Å². The largest absolute Gasteiger partial charge is 0.348 e. The normalized spacial score (nSPS) is 17.6. The second-order valence-corrected chi connectivity index (χ2v) is 4.26. The highest BCUT2D eigenvalue weighted by molar-refractivity contribution is 5.92. The van der Waals surface area contributed by atoms with Crippen LogP contribution in [0.1, 0.15) is 36.7 Å². The molecule has 5 nitrogen and oxygen atoms in total. The first-order chi connectivity index (χ1) is 7.66. The Bertz CT molecular complexity index is 417. The first-order valence-electron chi connectivity index (χ1n) is 5.53. The molecule has 1 aliphatic carbocycles. The number of hydrogen-bond donors (Lipinski definition) is 2. The van der Waals surface area contributed by atoms with E-state index in [1.54, 1.807) is 0 Å². The van der Waals surface area contributed by atoms with Gasteiger partial charge in [-0.3, -0.25) is 9.59 Å². The van der Waals surface area contributed by atoms with E-state index in [0.717, 1.165) is 0 Å². The van der Waals surface area contributed by atoms with Gasteiger partial charge in [-0.05, 0) is 31.7 Å². The van der Waals surface area contributed by atoms with Gasteiger partial charge in [0, 0.05) is 12.1 Å². The van der Waals surface area contributed by atoms with Crippen LogP contribution in [0.15, 0.2) is 16.9 Å². The van der Waals surface area contributed by atoms with Gasteiger partial charge in [0.2, 0.25) is 0 Å². The molecule has 0 aliphatic heterocycles. The van der Waals surface area contributed by atoms with Crippen LogP contribution < -0.4 is 10.9 Å². The quantitative estimate of drug-likeness (QED) is 0.788. The highest BCUT2D eigenvalue weighted by Gasteiger charge is 2.25. The molecule has 1 aliphatic rings. The maximum Gasteiger partial charge on any atom is 0.271 e. The van der Waals surface area contributed by atoms with Gasteiger partial charge in [-0.15, -0.1) is 0 Å². The van der Waals surface area contributed by atoms with E-state index < -0.39 is 0 Å².